The molecule has 0 aliphatic carbocycles. The van der Waals surface area contributed by atoms with Crippen LogP contribution in [-0.4, -0.2) is 35.2 Å². The zero-order valence-electron chi connectivity index (χ0n) is 13.7. The number of para-hydroxylation sites is 1. The third-order valence-electron chi connectivity index (χ3n) is 4.17. The van der Waals surface area contributed by atoms with Gasteiger partial charge in [-0.3, -0.25) is 0 Å². The van der Waals surface area contributed by atoms with E-state index >= 15 is 0 Å². The lowest BCUT2D eigenvalue weighted by Gasteiger charge is -2.37. The van der Waals surface area contributed by atoms with Crippen molar-refractivity contribution in [3.63, 3.8) is 0 Å². The van der Waals surface area contributed by atoms with Gasteiger partial charge >= 0.3 is 6.09 Å². The molecule has 2 heterocycles. The minimum absolute atomic E-state index is 0.0436. The van der Waals surface area contributed by atoms with Gasteiger partial charge in [0.2, 0.25) is 5.88 Å². The van der Waals surface area contributed by atoms with Crippen molar-refractivity contribution in [2.75, 3.05) is 13.1 Å². The molecule has 0 unspecified atom stereocenters. The molecule has 1 aromatic heterocycles. The third-order valence-corrected chi connectivity index (χ3v) is 4.17. The number of amides is 1. The topological polar surface area (TPSA) is 51.7 Å². The van der Waals surface area contributed by atoms with E-state index in [2.05, 4.69) is 4.98 Å². The van der Waals surface area contributed by atoms with Crippen LogP contribution in [0.4, 0.5) is 4.79 Å². The Morgan fingerprint density at radius 2 is 1.76 bits per heavy atom. The highest BCUT2D eigenvalue weighted by atomic mass is 16.6. The molecule has 5 heteroatoms. The molecule has 0 saturated carbocycles. The minimum atomic E-state index is -0.310. The Morgan fingerprint density at radius 1 is 1.00 bits per heavy atom. The zero-order chi connectivity index (χ0) is 17.1. The van der Waals surface area contributed by atoms with E-state index in [0.29, 0.717) is 19.0 Å². The van der Waals surface area contributed by atoms with Gasteiger partial charge in [-0.1, -0.05) is 48.5 Å². The van der Waals surface area contributed by atoms with E-state index in [4.69, 9.17) is 9.47 Å². The molecular formula is C20H18N2O3. The first-order valence-corrected chi connectivity index (χ1v) is 8.26. The molecule has 126 valence electrons. The molecule has 25 heavy (non-hydrogen) atoms. The van der Waals surface area contributed by atoms with Crippen LogP contribution in [0.5, 0.6) is 5.88 Å². The lowest BCUT2D eigenvalue weighted by atomic mass is 10.2. The fraction of sp³-hybridized carbons (Fsp3) is 0.200. The van der Waals surface area contributed by atoms with E-state index in [9.17, 15) is 4.79 Å². The van der Waals surface area contributed by atoms with Gasteiger partial charge in [0.05, 0.1) is 18.6 Å². The van der Waals surface area contributed by atoms with Gasteiger partial charge in [-0.05, 0) is 17.7 Å². The molecule has 0 bridgehead atoms. The number of hydrogen-bond acceptors (Lipinski definition) is 4. The number of nitrogens with zero attached hydrogens (tertiary/aromatic N) is 2. The molecular weight excluding hydrogens is 316 g/mol. The lowest BCUT2D eigenvalue weighted by molar-refractivity contribution is 0.00693. The first kappa shape index (κ1) is 15.4. The third kappa shape index (κ3) is 3.55. The summed E-state index contributed by atoms with van der Waals surface area (Å²) in [6.45, 7) is 1.32. The van der Waals surface area contributed by atoms with E-state index in [1.54, 1.807) is 4.90 Å². The maximum Gasteiger partial charge on any atom is 0.410 e. The smallest absolute Gasteiger partial charge is 0.410 e. The number of hydrogen-bond donors (Lipinski definition) is 0. The molecule has 1 amide bonds. The van der Waals surface area contributed by atoms with Crippen molar-refractivity contribution in [1.82, 2.24) is 9.88 Å². The normalized spacial score (nSPS) is 14.2. The molecule has 1 fully saturated rings. The number of carbonyl (C=O) groups excluding carboxylic acids is 1. The molecule has 2 aromatic carbocycles. The van der Waals surface area contributed by atoms with Gasteiger partial charge in [0.15, 0.2) is 0 Å². The average Bonchev–Trinajstić information content (AvgIpc) is 2.63. The number of likely N-dealkylation sites (tertiary alicyclic amines) is 1. The van der Waals surface area contributed by atoms with Gasteiger partial charge in [-0.15, -0.1) is 0 Å². The summed E-state index contributed by atoms with van der Waals surface area (Å²) in [5, 5.41) is 1.08. The van der Waals surface area contributed by atoms with Gasteiger partial charge in [-0.25, -0.2) is 9.78 Å². The van der Waals surface area contributed by atoms with E-state index in [1.807, 2.05) is 66.7 Å². The number of ether oxygens (including phenoxy) is 2. The van der Waals surface area contributed by atoms with Crippen molar-refractivity contribution in [3.05, 3.63) is 72.3 Å². The van der Waals surface area contributed by atoms with Gasteiger partial charge in [0.1, 0.15) is 12.7 Å². The molecule has 1 aliphatic heterocycles. The van der Waals surface area contributed by atoms with Crippen LogP contribution >= 0.6 is 0 Å². The quantitative estimate of drug-likeness (QED) is 0.731. The Morgan fingerprint density at radius 3 is 2.60 bits per heavy atom. The van der Waals surface area contributed by atoms with E-state index in [0.717, 1.165) is 16.5 Å². The number of pyridine rings is 1. The van der Waals surface area contributed by atoms with Crippen LogP contribution in [0.25, 0.3) is 10.9 Å². The highest BCUT2D eigenvalue weighted by Gasteiger charge is 2.33. The zero-order valence-corrected chi connectivity index (χ0v) is 13.7. The Kier molecular flexibility index (Phi) is 4.21. The van der Waals surface area contributed by atoms with Crippen LogP contribution < -0.4 is 4.74 Å². The van der Waals surface area contributed by atoms with Crippen LogP contribution in [0, 0.1) is 0 Å². The summed E-state index contributed by atoms with van der Waals surface area (Å²) >= 11 is 0. The first-order chi connectivity index (χ1) is 12.3. The molecule has 0 atom stereocenters. The van der Waals surface area contributed by atoms with Crippen LogP contribution in [0.1, 0.15) is 5.56 Å². The van der Waals surface area contributed by atoms with Crippen molar-refractivity contribution in [2.24, 2.45) is 0 Å². The van der Waals surface area contributed by atoms with Gasteiger partial charge in [-0.2, -0.15) is 0 Å². The average molecular weight is 334 g/mol. The summed E-state index contributed by atoms with van der Waals surface area (Å²) in [5.41, 5.74) is 1.88. The van der Waals surface area contributed by atoms with Crippen LogP contribution in [-0.2, 0) is 11.3 Å². The van der Waals surface area contributed by atoms with Crippen molar-refractivity contribution in [3.8, 4) is 5.88 Å². The summed E-state index contributed by atoms with van der Waals surface area (Å²) < 4.78 is 11.1. The Bertz CT molecular complexity index is 876. The largest absolute Gasteiger partial charge is 0.471 e. The fourth-order valence-corrected chi connectivity index (χ4v) is 2.76. The molecule has 1 aliphatic rings. The SMILES string of the molecule is O=C(OCc1ccccc1)N1CC(Oc2ccc3ccccc3n2)C1. The fourth-order valence-electron chi connectivity index (χ4n) is 2.76. The second-order valence-corrected chi connectivity index (χ2v) is 6.03. The molecule has 4 rings (SSSR count). The van der Waals surface area contributed by atoms with Crippen LogP contribution in [0.3, 0.4) is 0 Å². The number of fused-ring (bicyclic) bond motifs is 1. The molecule has 0 spiro atoms. The summed E-state index contributed by atoms with van der Waals surface area (Å²) in [5.74, 6) is 0.584. The van der Waals surface area contributed by atoms with Gasteiger partial charge < -0.3 is 14.4 Å². The predicted molar refractivity (Wildman–Crippen MR) is 94.4 cm³/mol. The Balaban J connectivity index is 1.27. The van der Waals surface area contributed by atoms with Crippen LogP contribution in [0.15, 0.2) is 66.7 Å². The predicted octanol–water partition coefficient (Wildman–Crippen LogP) is 3.63. The van der Waals surface area contributed by atoms with Crippen molar-refractivity contribution >= 4 is 17.0 Å². The highest BCUT2D eigenvalue weighted by Crippen LogP contribution is 2.20. The Hall–Kier alpha value is -3.08. The number of benzene rings is 2. The number of rotatable bonds is 4. The van der Waals surface area contributed by atoms with E-state index in [1.165, 1.54) is 0 Å². The molecule has 0 radical (unpaired) electrons. The second kappa shape index (κ2) is 6.81. The second-order valence-electron chi connectivity index (χ2n) is 6.03. The number of carbonyl (C=O) groups is 1. The maximum absolute atomic E-state index is 12.0. The van der Waals surface area contributed by atoms with Gasteiger partial charge in [0, 0.05) is 11.5 Å². The lowest BCUT2D eigenvalue weighted by Crippen LogP contribution is -2.56. The molecule has 5 nitrogen and oxygen atoms in total. The standard InChI is InChI=1S/C20H18N2O3/c23-20(24-14-15-6-2-1-3-7-15)22-12-17(13-22)25-19-11-10-16-8-4-5-9-18(16)21-19/h1-11,17H,12-14H2. The Labute approximate surface area is 145 Å². The maximum atomic E-state index is 12.0. The van der Waals surface area contributed by atoms with E-state index < -0.39 is 0 Å². The summed E-state index contributed by atoms with van der Waals surface area (Å²) in [4.78, 5) is 18.1. The summed E-state index contributed by atoms with van der Waals surface area (Å²) in [7, 11) is 0. The molecule has 0 N–H and O–H groups in total. The van der Waals surface area contributed by atoms with Gasteiger partial charge in [0.25, 0.3) is 0 Å². The first-order valence-electron chi connectivity index (χ1n) is 8.26. The number of aromatic nitrogens is 1. The van der Waals surface area contributed by atoms with Crippen molar-refractivity contribution in [2.45, 2.75) is 12.7 Å². The molecule has 3 aromatic rings. The summed E-state index contributed by atoms with van der Waals surface area (Å²) in [6.07, 6.45) is -0.354. The minimum Gasteiger partial charge on any atom is -0.471 e. The monoisotopic (exact) mass is 334 g/mol. The highest BCUT2D eigenvalue weighted by molar-refractivity contribution is 5.78. The van der Waals surface area contributed by atoms with Crippen LogP contribution in [0.2, 0.25) is 0 Å². The van der Waals surface area contributed by atoms with Crippen molar-refractivity contribution < 1.29 is 14.3 Å². The van der Waals surface area contributed by atoms with Crippen molar-refractivity contribution in [1.29, 1.82) is 0 Å². The van der Waals surface area contributed by atoms with E-state index in [-0.39, 0.29) is 18.8 Å². The summed E-state index contributed by atoms with van der Waals surface area (Å²) in [6, 6.07) is 21.4. The molecule has 1 saturated heterocycles.